The van der Waals surface area contributed by atoms with Gasteiger partial charge in [0.15, 0.2) is 0 Å². The van der Waals surface area contributed by atoms with Crippen molar-refractivity contribution in [2.24, 2.45) is 0 Å². The van der Waals surface area contributed by atoms with Gasteiger partial charge in [-0.25, -0.2) is 14.8 Å². The van der Waals surface area contributed by atoms with E-state index in [1.54, 1.807) is 6.20 Å². The fourth-order valence-corrected chi connectivity index (χ4v) is 2.11. The van der Waals surface area contributed by atoms with Crippen LogP contribution in [-0.2, 0) is 0 Å². The Morgan fingerprint density at radius 3 is 2.83 bits per heavy atom. The van der Waals surface area contributed by atoms with Gasteiger partial charge in [-0.15, -0.1) is 0 Å². The van der Waals surface area contributed by atoms with Crippen molar-refractivity contribution in [1.82, 2.24) is 14.9 Å². The summed E-state index contributed by atoms with van der Waals surface area (Å²) in [6.07, 6.45) is 2.36. The Hall–Kier alpha value is -1.56. The lowest BCUT2D eigenvalue weighted by Crippen LogP contribution is -2.41. The lowest BCUT2D eigenvalue weighted by molar-refractivity contribution is 0.133. The van der Waals surface area contributed by atoms with Crippen molar-refractivity contribution in [3.05, 3.63) is 17.0 Å². The topological polar surface area (TPSA) is 78.4 Å². The number of nitrogens with zero attached hydrogens (tertiary/aromatic N) is 3. The highest BCUT2D eigenvalue weighted by Crippen LogP contribution is 2.18. The van der Waals surface area contributed by atoms with Gasteiger partial charge >= 0.3 is 6.09 Å². The molecule has 1 aliphatic heterocycles. The Labute approximate surface area is 110 Å². The first kappa shape index (κ1) is 12.9. The summed E-state index contributed by atoms with van der Waals surface area (Å²) in [6.45, 7) is 3.00. The molecule has 2 heterocycles. The average Bonchev–Trinajstić information content (AvgIpc) is 2.34. The zero-order chi connectivity index (χ0) is 13.1. The van der Waals surface area contributed by atoms with Crippen molar-refractivity contribution in [2.75, 3.05) is 18.4 Å². The Morgan fingerprint density at radius 2 is 2.22 bits per heavy atom. The quantitative estimate of drug-likeness (QED) is 0.804. The van der Waals surface area contributed by atoms with E-state index in [1.807, 2.05) is 6.92 Å². The Kier molecular flexibility index (Phi) is 3.86. The number of carbonyl (C=O) groups is 1. The third-order valence-electron chi connectivity index (χ3n) is 3.05. The number of piperidine rings is 1. The van der Waals surface area contributed by atoms with Crippen molar-refractivity contribution in [3.63, 3.8) is 0 Å². The number of likely N-dealkylation sites (tertiary alicyclic amines) is 1. The van der Waals surface area contributed by atoms with E-state index >= 15 is 0 Å². The van der Waals surface area contributed by atoms with Gasteiger partial charge in [0.05, 0.1) is 0 Å². The van der Waals surface area contributed by atoms with E-state index in [2.05, 4.69) is 15.3 Å². The summed E-state index contributed by atoms with van der Waals surface area (Å²) in [5.74, 6) is 0.726. The van der Waals surface area contributed by atoms with Crippen LogP contribution in [0.25, 0.3) is 0 Å². The fraction of sp³-hybridized carbons (Fsp3) is 0.545. The highest BCUT2D eigenvalue weighted by Gasteiger charge is 2.22. The standard InChI is InChI=1S/C11H15ClN4O2/c1-7-6-13-10(12)15-9(7)14-8-2-4-16(5-3-8)11(17)18/h6,8H,2-5H2,1H3,(H,17,18)(H,13,14,15). The summed E-state index contributed by atoms with van der Waals surface area (Å²) < 4.78 is 0. The van der Waals surface area contributed by atoms with E-state index in [1.165, 1.54) is 4.90 Å². The largest absolute Gasteiger partial charge is 0.465 e. The van der Waals surface area contributed by atoms with E-state index in [4.69, 9.17) is 16.7 Å². The SMILES string of the molecule is Cc1cnc(Cl)nc1NC1CCN(C(=O)O)CC1. The predicted molar refractivity (Wildman–Crippen MR) is 68.0 cm³/mol. The molecular weight excluding hydrogens is 256 g/mol. The molecule has 1 aromatic rings. The van der Waals surface area contributed by atoms with Crippen LogP contribution < -0.4 is 5.32 Å². The number of amides is 1. The maximum absolute atomic E-state index is 10.8. The van der Waals surface area contributed by atoms with Crippen LogP contribution in [0, 0.1) is 6.92 Å². The van der Waals surface area contributed by atoms with Crippen molar-refractivity contribution in [3.8, 4) is 0 Å². The number of hydrogen-bond acceptors (Lipinski definition) is 4. The van der Waals surface area contributed by atoms with E-state index in [0.29, 0.717) is 13.1 Å². The van der Waals surface area contributed by atoms with E-state index in [0.717, 1.165) is 24.2 Å². The van der Waals surface area contributed by atoms with E-state index in [9.17, 15) is 4.79 Å². The second kappa shape index (κ2) is 5.39. The second-order valence-corrected chi connectivity index (χ2v) is 4.70. The molecule has 0 saturated carbocycles. The molecule has 98 valence electrons. The molecule has 7 heteroatoms. The number of aryl methyl sites for hydroxylation is 1. The van der Waals surface area contributed by atoms with E-state index in [-0.39, 0.29) is 11.3 Å². The first-order valence-corrected chi connectivity index (χ1v) is 6.17. The van der Waals surface area contributed by atoms with Gasteiger partial charge in [0.1, 0.15) is 5.82 Å². The summed E-state index contributed by atoms with van der Waals surface area (Å²) in [7, 11) is 0. The normalized spacial score (nSPS) is 16.7. The molecule has 18 heavy (non-hydrogen) atoms. The minimum atomic E-state index is -0.852. The molecule has 1 aromatic heterocycles. The molecule has 1 saturated heterocycles. The Bertz CT molecular complexity index is 447. The molecular formula is C11H15ClN4O2. The molecule has 0 aromatic carbocycles. The van der Waals surface area contributed by atoms with Crippen LogP contribution in [0.5, 0.6) is 0 Å². The van der Waals surface area contributed by atoms with Gasteiger partial charge in [0.25, 0.3) is 0 Å². The summed E-state index contributed by atoms with van der Waals surface area (Å²) in [4.78, 5) is 20.2. The van der Waals surface area contributed by atoms with Gasteiger partial charge in [-0.05, 0) is 31.4 Å². The minimum absolute atomic E-state index is 0.214. The number of rotatable bonds is 2. The van der Waals surface area contributed by atoms with Crippen LogP contribution >= 0.6 is 11.6 Å². The molecule has 6 nitrogen and oxygen atoms in total. The van der Waals surface area contributed by atoms with Gasteiger partial charge in [0, 0.05) is 30.9 Å². The fourth-order valence-electron chi connectivity index (χ4n) is 1.98. The molecule has 0 spiro atoms. The Morgan fingerprint density at radius 1 is 1.56 bits per heavy atom. The number of anilines is 1. The molecule has 0 unspecified atom stereocenters. The van der Waals surface area contributed by atoms with E-state index < -0.39 is 6.09 Å². The predicted octanol–water partition coefficient (Wildman–Crippen LogP) is 1.99. The first-order chi connectivity index (χ1) is 8.56. The number of halogens is 1. The highest BCUT2D eigenvalue weighted by molar-refractivity contribution is 6.28. The van der Waals surface area contributed by atoms with Crippen LogP contribution in [0.3, 0.4) is 0 Å². The molecule has 2 N–H and O–H groups in total. The highest BCUT2D eigenvalue weighted by atomic mass is 35.5. The number of carboxylic acid groups (broad SMARTS) is 1. The molecule has 0 radical (unpaired) electrons. The molecule has 1 fully saturated rings. The van der Waals surface area contributed by atoms with Crippen molar-refractivity contribution in [2.45, 2.75) is 25.8 Å². The summed E-state index contributed by atoms with van der Waals surface area (Å²) >= 11 is 5.75. The lowest BCUT2D eigenvalue weighted by Gasteiger charge is -2.30. The van der Waals surface area contributed by atoms with Crippen LogP contribution in [0.1, 0.15) is 18.4 Å². The van der Waals surface area contributed by atoms with Crippen LogP contribution in [0.4, 0.5) is 10.6 Å². The Balaban J connectivity index is 1.95. The third-order valence-corrected chi connectivity index (χ3v) is 3.23. The number of aromatic nitrogens is 2. The van der Waals surface area contributed by atoms with Crippen molar-refractivity contribution >= 4 is 23.5 Å². The van der Waals surface area contributed by atoms with Crippen molar-refractivity contribution in [1.29, 1.82) is 0 Å². The number of hydrogen-bond donors (Lipinski definition) is 2. The molecule has 0 aliphatic carbocycles. The van der Waals surface area contributed by atoms with Crippen LogP contribution in [0.2, 0.25) is 5.28 Å². The molecule has 2 rings (SSSR count). The smallest absolute Gasteiger partial charge is 0.407 e. The third kappa shape index (κ3) is 3.01. The van der Waals surface area contributed by atoms with Gasteiger partial charge < -0.3 is 15.3 Å². The average molecular weight is 271 g/mol. The summed E-state index contributed by atoms with van der Waals surface area (Å²) in [5, 5.41) is 12.4. The minimum Gasteiger partial charge on any atom is -0.465 e. The van der Waals surface area contributed by atoms with Gasteiger partial charge in [-0.3, -0.25) is 0 Å². The zero-order valence-corrected chi connectivity index (χ0v) is 10.8. The molecule has 0 atom stereocenters. The van der Waals surface area contributed by atoms with Gasteiger partial charge in [0.2, 0.25) is 5.28 Å². The van der Waals surface area contributed by atoms with Crippen LogP contribution in [-0.4, -0.2) is 45.2 Å². The monoisotopic (exact) mass is 270 g/mol. The van der Waals surface area contributed by atoms with Crippen molar-refractivity contribution < 1.29 is 9.90 Å². The summed E-state index contributed by atoms with van der Waals surface area (Å²) in [5.41, 5.74) is 0.931. The van der Waals surface area contributed by atoms with Gasteiger partial charge in [-0.2, -0.15) is 0 Å². The lowest BCUT2D eigenvalue weighted by atomic mass is 10.1. The maximum atomic E-state index is 10.8. The zero-order valence-electron chi connectivity index (χ0n) is 10.1. The molecule has 0 bridgehead atoms. The van der Waals surface area contributed by atoms with Crippen LogP contribution in [0.15, 0.2) is 6.20 Å². The second-order valence-electron chi connectivity index (χ2n) is 4.36. The first-order valence-electron chi connectivity index (χ1n) is 5.80. The number of nitrogens with one attached hydrogen (secondary N) is 1. The maximum Gasteiger partial charge on any atom is 0.407 e. The molecule has 1 amide bonds. The summed E-state index contributed by atoms with van der Waals surface area (Å²) in [6, 6.07) is 0.227. The van der Waals surface area contributed by atoms with Gasteiger partial charge in [-0.1, -0.05) is 0 Å². The molecule has 1 aliphatic rings.